The lowest BCUT2D eigenvalue weighted by molar-refractivity contribution is -0.137. The quantitative estimate of drug-likeness (QED) is 0.242. The number of methoxy groups -OCH3 is 1. The third-order valence-electron chi connectivity index (χ3n) is 5.90. The highest BCUT2D eigenvalue weighted by Crippen LogP contribution is 2.61. The van der Waals surface area contributed by atoms with Crippen molar-refractivity contribution < 1.29 is 27.8 Å². The number of hydrogen-bond donors (Lipinski definition) is 2. The van der Waals surface area contributed by atoms with E-state index >= 15 is 0 Å². The Bertz CT molecular complexity index is 1010. The van der Waals surface area contributed by atoms with Gasteiger partial charge in [0.1, 0.15) is 12.0 Å². The second-order valence-electron chi connectivity index (χ2n) is 7.77. The molecule has 9 heteroatoms. The molecular weight excluding hydrogens is 501 g/mol. The van der Waals surface area contributed by atoms with E-state index < -0.39 is 22.4 Å². The maximum absolute atomic E-state index is 13.8. The zero-order chi connectivity index (χ0) is 23.5. The van der Waals surface area contributed by atoms with Crippen molar-refractivity contribution in [3.63, 3.8) is 0 Å². The number of carbonyl (C=O) groups is 1. The normalized spacial score (nSPS) is 18.3. The molecule has 32 heavy (non-hydrogen) atoms. The number of ether oxygens (including phenoxy) is 2. The van der Waals surface area contributed by atoms with Gasteiger partial charge in [-0.05, 0) is 47.0 Å². The molecule has 174 valence electrons. The molecule has 0 fully saturated rings. The number of anilines is 2. The van der Waals surface area contributed by atoms with E-state index in [1.54, 1.807) is 6.07 Å². The van der Waals surface area contributed by atoms with Crippen molar-refractivity contribution in [1.82, 2.24) is 0 Å². The summed E-state index contributed by atoms with van der Waals surface area (Å²) >= 11 is 3.43. The molecule has 0 radical (unpaired) electrons. The van der Waals surface area contributed by atoms with Crippen molar-refractivity contribution >= 4 is 43.9 Å². The van der Waals surface area contributed by atoms with E-state index in [0.717, 1.165) is 25.6 Å². The Kier molecular flexibility index (Phi) is 7.54. The first-order valence-electron chi connectivity index (χ1n) is 10.2. The molecule has 0 unspecified atom stereocenters. The van der Waals surface area contributed by atoms with Crippen LogP contribution in [0.4, 0.5) is 15.8 Å². The van der Waals surface area contributed by atoms with Gasteiger partial charge in [0, 0.05) is 29.5 Å². The van der Waals surface area contributed by atoms with Gasteiger partial charge in [0.2, 0.25) is 5.83 Å². The molecule has 3 rings (SSSR count). The first kappa shape index (κ1) is 24.6. The fraction of sp³-hybridized carbons (Fsp3) is 0.348. The van der Waals surface area contributed by atoms with E-state index in [1.807, 2.05) is 30.3 Å². The number of rotatable bonds is 6. The van der Waals surface area contributed by atoms with E-state index in [2.05, 4.69) is 39.4 Å². The fourth-order valence-corrected chi connectivity index (χ4v) is 6.57. The largest absolute Gasteiger partial charge is 0.464 e. The molecule has 0 spiro atoms. The van der Waals surface area contributed by atoms with E-state index in [1.165, 1.54) is 6.07 Å². The Balaban J connectivity index is 2.16. The van der Waals surface area contributed by atoms with Crippen molar-refractivity contribution in [3.8, 4) is 5.75 Å². The second kappa shape index (κ2) is 9.82. The van der Waals surface area contributed by atoms with Crippen LogP contribution in [-0.4, -0.2) is 34.5 Å². The molecule has 1 aliphatic rings. The maximum atomic E-state index is 13.8. The molecule has 2 N–H and O–H groups in total. The average Bonchev–Trinajstić information content (AvgIpc) is 2.89. The maximum Gasteiger partial charge on any atom is 0.370 e. The van der Waals surface area contributed by atoms with E-state index in [0.29, 0.717) is 27.9 Å². The molecule has 0 saturated heterocycles. The van der Waals surface area contributed by atoms with E-state index in [4.69, 9.17) is 4.74 Å². The molecular formula is C23H27BrFNO5S. The van der Waals surface area contributed by atoms with Crippen LogP contribution in [0, 0.1) is 5.41 Å². The predicted octanol–water partition coefficient (Wildman–Crippen LogP) is 6.88. The van der Waals surface area contributed by atoms with Crippen molar-refractivity contribution in [1.29, 1.82) is 0 Å². The highest BCUT2D eigenvalue weighted by molar-refractivity contribution is 9.10. The summed E-state index contributed by atoms with van der Waals surface area (Å²) in [5, 5.41) is 0. The number of nitrogens with zero attached hydrogens (tertiary/aromatic N) is 1. The smallest absolute Gasteiger partial charge is 0.370 e. The molecule has 0 bridgehead atoms. The molecule has 0 saturated carbocycles. The third-order valence-corrected chi connectivity index (χ3v) is 8.56. The summed E-state index contributed by atoms with van der Waals surface area (Å²) in [6, 6.07) is 13.0. The number of para-hydroxylation sites is 1. The lowest BCUT2D eigenvalue weighted by Crippen LogP contribution is -2.36. The van der Waals surface area contributed by atoms with Gasteiger partial charge in [-0.3, -0.25) is 9.11 Å². The molecule has 0 aromatic heterocycles. The molecule has 1 aliphatic heterocycles. The van der Waals surface area contributed by atoms with Gasteiger partial charge in [-0.25, -0.2) is 4.79 Å². The topological polar surface area (TPSA) is 79.2 Å². The minimum Gasteiger partial charge on any atom is -0.464 e. The molecule has 0 atom stereocenters. The molecule has 1 heterocycles. The summed E-state index contributed by atoms with van der Waals surface area (Å²) in [5.41, 5.74) is 1.24. The van der Waals surface area contributed by atoms with Crippen molar-refractivity contribution in [2.24, 2.45) is 5.41 Å². The van der Waals surface area contributed by atoms with Gasteiger partial charge < -0.3 is 14.4 Å². The number of carbonyl (C=O) groups excluding carboxylic acids is 1. The predicted molar refractivity (Wildman–Crippen MR) is 128 cm³/mol. The third kappa shape index (κ3) is 4.96. The van der Waals surface area contributed by atoms with Gasteiger partial charge in [0.15, 0.2) is 0 Å². The number of fused-ring (bicyclic) bond motifs is 1. The second-order valence-corrected chi connectivity index (χ2v) is 10.7. The van der Waals surface area contributed by atoms with Gasteiger partial charge in [-0.1, -0.05) is 32.0 Å². The van der Waals surface area contributed by atoms with Crippen LogP contribution < -0.4 is 9.64 Å². The standard InChI is InChI=1S/C23H27BrFNO5S/c1-4-23(5-2)14-26(16-9-7-6-8-10-16)19-11-17(24)20(12-21(19)32(28,29)15-23)31-13-18(25)22(27)30-3/h6-13,28-29H,4-5,14-15H2,1-3H3/b18-13-. The summed E-state index contributed by atoms with van der Waals surface area (Å²) < 4.78 is 46.5. The van der Waals surface area contributed by atoms with Crippen LogP contribution in [0.25, 0.3) is 0 Å². The minimum atomic E-state index is -3.20. The summed E-state index contributed by atoms with van der Waals surface area (Å²) in [5.74, 6) is -2.01. The Morgan fingerprint density at radius 3 is 2.50 bits per heavy atom. The Labute approximate surface area is 197 Å². The summed E-state index contributed by atoms with van der Waals surface area (Å²) in [7, 11) is -2.13. The number of esters is 1. The molecule has 2 aromatic carbocycles. The number of benzene rings is 2. The molecule has 0 amide bonds. The molecule has 6 nitrogen and oxygen atoms in total. The zero-order valence-corrected chi connectivity index (χ0v) is 20.6. The lowest BCUT2D eigenvalue weighted by Gasteiger charge is -2.40. The van der Waals surface area contributed by atoms with Crippen LogP contribution in [-0.2, 0) is 9.53 Å². The first-order chi connectivity index (χ1) is 15.2. The van der Waals surface area contributed by atoms with Crippen LogP contribution in [0.15, 0.2) is 63.9 Å². The zero-order valence-electron chi connectivity index (χ0n) is 18.2. The SMILES string of the molecule is CCC1(CC)CN(c2ccccc2)c2cc(Br)c(O/C=C(\F)C(=O)OC)cc2S(O)(O)C1. The van der Waals surface area contributed by atoms with Crippen LogP contribution >= 0.6 is 26.5 Å². The van der Waals surface area contributed by atoms with Crippen molar-refractivity contribution in [2.75, 3.05) is 24.3 Å². The van der Waals surface area contributed by atoms with Gasteiger partial charge >= 0.3 is 5.97 Å². The summed E-state index contributed by atoms with van der Waals surface area (Å²) in [6.45, 7) is 4.72. The Morgan fingerprint density at radius 1 is 1.25 bits per heavy atom. The highest BCUT2D eigenvalue weighted by Gasteiger charge is 2.41. The average molecular weight is 528 g/mol. The van der Waals surface area contributed by atoms with E-state index in [9.17, 15) is 18.3 Å². The minimum absolute atomic E-state index is 0.149. The van der Waals surface area contributed by atoms with Gasteiger partial charge in [-0.2, -0.15) is 15.0 Å². The monoisotopic (exact) mass is 527 g/mol. The van der Waals surface area contributed by atoms with Crippen LogP contribution in [0.3, 0.4) is 0 Å². The number of halogens is 2. The van der Waals surface area contributed by atoms with Crippen molar-refractivity contribution in [2.45, 2.75) is 31.6 Å². The van der Waals surface area contributed by atoms with Gasteiger partial charge in [-0.15, -0.1) is 0 Å². The van der Waals surface area contributed by atoms with Crippen LogP contribution in [0.5, 0.6) is 5.75 Å². The lowest BCUT2D eigenvalue weighted by atomic mass is 9.83. The molecule has 2 aromatic rings. The fourth-order valence-electron chi connectivity index (χ4n) is 3.84. The summed E-state index contributed by atoms with van der Waals surface area (Å²) in [4.78, 5) is 13.7. The van der Waals surface area contributed by atoms with E-state index in [-0.39, 0.29) is 16.9 Å². The molecule has 0 aliphatic carbocycles. The van der Waals surface area contributed by atoms with Crippen LogP contribution in [0.1, 0.15) is 26.7 Å². The summed E-state index contributed by atoms with van der Waals surface area (Å²) in [6.07, 6.45) is 2.18. The van der Waals surface area contributed by atoms with Crippen LogP contribution in [0.2, 0.25) is 0 Å². The van der Waals surface area contributed by atoms with Gasteiger partial charge in [0.25, 0.3) is 0 Å². The van der Waals surface area contributed by atoms with Crippen molar-refractivity contribution in [3.05, 3.63) is 59.0 Å². The highest BCUT2D eigenvalue weighted by atomic mass is 79.9. The van der Waals surface area contributed by atoms with Gasteiger partial charge in [0.05, 0.1) is 22.2 Å². The Hall–Kier alpha value is -2.07. The Morgan fingerprint density at radius 2 is 1.91 bits per heavy atom. The first-order valence-corrected chi connectivity index (χ1v) is 12.7. The number of hydrogen-bond acceptors (Lipinski definition) is 6.